The highest BCUT2D eigenvalue weighted by atomic mass is 16.5. The number of nitrogens with zero attached hydrogens (tertiary/aromatic N) is 1. The predicted octanol–water partition coefficient (Wildman–Crippen LogP) is -0.362. The van der Waals surface area contributed by atoms with Crippen molar-refractivity contribution in [2.75, 3.05) is 33.3 Å². The summed E-state index contributed by atoms with van der Waals surface area (Å²) in [5, 5.41) is 3.40. The number of nitrogens with one attached hydrogen (secondary N) is 1. The Morgan fingerprint density at radius 2 is 2.50 bits per heavy atom. The number of rotatable bonds is 0. The third kappa shape index (κ3) is 0.944. The van der Waals surface area contributed by atoms with E-state index in [-0.39, 0.29) is 5.72 Å². The van der Waals surface area contributed by atoms with Gasteiger partial charge in [0.1, 0.15) is 5.72 Å². The lowest BCUT2D eigenvalue weighted by Crippen LogP contribution is -2.43. The minimum atomic E-state index is 0.0365. The van der Waals surface area contributed by atoms with Crippen molar-refractivity contribution in [3.05, 3.63) is 0 Å². The summed E-state index contributed by atoms with van der Waals surface area (Å²) in [5.41, 5.74) is 0.0365. The number of ether oxygens (including phenoxy) is 1. The Morgan fingerprint density at radius 3 is 3.00 bits per heavy atom. The van der Waals surface area contributed by atoms with Crippen LogP contribution in [0.2, 0.25) is 0 Å². The Labute approximate surface area is 61.3 Å². The molecule has 0 amide bonds. The highest BCUT2D eigenvalue weighted by Gasteiger charge is 2.39. The zero-order chi connectivity index (χ0) is 7.03. The molecule has 2 rings (SSSR count). The Hall–Kier alpha value is -0.120. The quantitative estimate of drug-likeness (QED) is 0.500. The van der Waals surface area contributed by atoms with Crippen LogP contribution in [0, 0.1) is 0 Å². The van der Waals surface area contributed by atoms with Crippen LogP contribution in [0.1, 0.15) is 6.42 Å². The number of likely N-dealkylation sites (tertiary alicyclic amines) is 1. The third-order valence-corrected chi connectivity index (χ3v) is 2.35. The molecule has 2 aliphatic rings. The summed E-state index contributed by atoms with van der Waals surface area (Å²) in [5.74, 6) is 0. The molecule has 2 aliphatic heterocycles. The average Bonchev–Trinajstić information content (AvgIpc) is 2.46. The molecule has 2 fully saturated rings. The van der Waals surface area contributed by atoms with Crippen LogP contribution >= 0.6 is 0 Å². The maximum atomic E-state index is 5.62. The smallest absolute Gasteiger partial charge is 0.133 e. The van der Waals surface area contributed by atoms with Gasteiger partial charge in [-0.05, 0) is 7.05 Å². The fourth-order valence-electron chi connectivity index (χ4n) is 1.80. The fraction of sp³-hybridized carbons (Fsp3) is 1.00. The lowest BCUT2D eigenvalue weighted by Gasteiger charge is -2.21. The Kier molecular flexibility index (Phi) is 1.44. The van der Waals surface area contributed by atoms with E-state index in [0.29, 0.717) is 0 Å². The fourth-order valence-corrected chi connectivity index (χ4v) is 1.80. The van der Waals surface area contributed by atoms with Crippen molar-refractivity contribution in [1.29, 1.82) is 0 Å². The van der Waals surface area contributed by atoms with Crippen molar-refractivity contribution < 1.29 is 4.74 Å². The van der Waals surface area contributed by atoms with Crippen molar-refractivity contribution >= 4 is 0 Å². The van der Waals surface area contributed by atoms with E-state index in [1.165, 1.54) is 0 Å². The Morgan fingerprint density at radius 1 is 1.60 bits per heavy atom. The maximum absolute atomic E-state index is 5.62. The van der Waals surface area contributed by atoms with Crippen LogP contribution < -0.4 is 5.32 Å². The summed E-state index contributed by atoms with van der Waals surface area (Å²) in [6.45, 7) is 4.11. The molecule has 0 aromatic heterocycles. The first-order chi connectivity index (χ1) is 4.81. The number of hydrogen-bond donors (Lipinski definition) is 1. The highest BCUT2D eigenvalue weighted by Crippen LogP contribution is 2.23. The molecular weight excluding hydrogens is 128 g/mol. The first-order valence-corrected chi connectivity index (χ1v) is 3.88. The summed E-state index contributed by atoms with van der Waals surface area (Å²) >= 11 is 0. The van der Waals surface area contributed by atoms with Gasteiger partial charge < -0.3 is 9.64 Å². The zero-order valence-corrected chi connectivity index (χ0v) is 6.39. The van der Waals surface area contributed by atoms with Gasteiger partial charge in [-0.2, -0.15) is 0 Å². The minimum absolute atomic E-state index is 0.0365. The molecule has 0 bridgehead atoms. The van der Waals surface area contributed by atoms with Crippen molar-refractivity contribution in [2.24, 2.45) is 0 Å². The molecule has 0 radical (unpaired) electrons. The van der Waals surface area contributed by atoms with Gasteiger partial charge >= 0.3 is 0 Å². The first kappa shape index (κ1) is 6.58. The van der Waals surface area contributed by atoms with E-state index in [4.69, 9.17) is 4.74 Å². The SMILES string of the molecule is CN1CCC2(C1)NCCO2. The molecule has 2 heterocycles. The largest absolute Gasteiger partial charge is 0.358 e. The molecule has 3 heteroatoms. The van der Waals surface area contributed by atoms with Crippen molar-refractivity contribution in [3.63, 3.8) is 0 Å². The average molecular weight is 142 g/mol. The molecule has 0 aromatic rings. The maximum Gasteiger partial charge on any atom is 0.133 e. The molecule has 0 saturated carbocycles. The second-order valence-electron chi connectivity index (χ2n) is 3.26. The third-order valence-electron chi connectivity index (χ3n) is 2.35. The summed E-state index contributed by atoms with van der Waals surface area (Å²) < 4.78 is 5.62. The van der Waals surface area contributed by atoms with Crippen LogP contribution in [0.15, 0.2) is 0 Å². The highest BCUT2D eigenvalue weighted by molar-refractivity contribution is 4.91. The molecule has 2 saturated heterocycles. The zero-order valence-electron chi connectivity index (χ0n) is 6.39. The molecule has 1 N–H and O–H groups in total. The Bertz CT molecular complexity index is 132. The summed E-state index contributed by atoms with van der Waals surface area (Å²) in [6, 6.07) is 0. The van der Waals surface area contributed by atoms with E-state index < -0.39 is 0 Å². The van der Waals surface area contributed by atoms with E-state index in [1.54, 1.807) is 0 Å². The van der Waals surface area contributed by atoms with Gasteiger partial charge in [0.15, 0.2) is 0 Å². The normalized spacial score (nSPS) is 41.7. The van der Waals surface area contributed by atoms with Crippen LogP contribution in [0.3, 0.4) is 0 Å². The lowest BCUT2D eigenvalue weighted by molar-refractivity contribution is 0.000914. The van der Waals surface area contributed by atoms with Crippen LogP contribution in [0.25, 0.3) is 0 Å². The monoisotopic (exact) mass is 142 g/mol. The van der Waals surface area contributed by atoms with Gasteiger partial charge in [-0.1, -0.05) is 0 Å². The van der Waals surface area contributed by atoms with Gasteiger partial charge in [-0.3, -0.25) is 5.32 Å². The summed E-state index contributed by atoms with van der Waals surface area (Å²) in [6.07, 6.45) is 1.14. The van der Waals surface area contributed by atoms with Gasteiger partial charge in [0, 0.05) is 26.1 Å². The van der Waals surface area contributed by atoms with Gasteiger partial charge in [0.2, 0.25) is 0 Å². The topological polar surface area (TPSA) is 24.5 Å². The van der Waals surface area contributed by atoms with Gasteiger partial charge in [0.25, 0.3) is 0 Å². The van der Waals surface area contributed by atoms with Crippen molar-refractivity contribution in [3.8, 4) is 0 Å². The van der Waals surface area contributed by atoms with E-state index in [0.717, 1.165) is 32.7 Å². The summed E-state index contributed by atoms with van der Waals surface area (Å²) in [4.78, 5) is 2.30. The summed E-state index contributed by atoms with van der Waals surface area (Å²) in [7, 11) is 2.14. The van der Waals surface area contributed by atoms with Gasteiger partial charge in [-0.25, -0.2) is 0 Å². The molecule has 1 atom stereocenters. The molecular formula is C7H14N2O. The predicted molar refractivity (Wildman–Crippen MR) is 38.8 cm³/mol. The first-order valence-electron chi connectivity index (χ1n) is 3.88. The standard InChI is InChI=1S/C7H14N2O/c1-9-4-2-7(6-9)8-3-5-10-7/h8H,2-6H2,1H3. The van der Waals surface area contributed by atoms with Gasteiger partial charge in [0.05, 0.1) is 6.61 Å². The number of likely N-dealkylation sites (N-methyl/N-ethyl adjacent to an activating group) is 1. The van der Waals surface area contributed by atoms with E-state index >= 15 is 0 Å². The second kappa shape index (κ2) is 2.19. The lowest BCUT2D eigenvalue weighted by atomic mass is 10.2. The van der Waals surface area contributed by atoms with Crippen molar-refractivity contribution in [1.82, 2.24) is 10.2 Å². The van der Waals surface area contributed by atoms with Crippen molar-refractivity contribution in [2.45, 2.75) is 12.1 Å². The molecule has 0 aromatic carbocycles. The van der Waals surface area contributed by atoms with Crippen LogP contribution in [-0.2, 0) is 4.74 Å². The molecule has 1 unspecified atom stereocenters. The molecule has 3 nitrogen and oxygen atoms in total. The second-order valence-corrected chi connectivity index (χ2v) is 3.26. The van der Waals surface area contributed by atoms with Crippen LogP contribution in [0.5, 0.6) is 0 Å². The van der Waals surface area contributed by atoms with Crippen LogP contribution in [-0.4, -0.2) is 43.9 Å². The Balaban J connectivity index is 2.03. The van der Waals surface area contributed by atoms with Crippen LogP contribution in [0.4, 0.5) is 0 Å². The molecule has 0 aliphatic carbocycles. The van der Waals surface area contributed by atoms with E-state index in [9.17, 15) is 0 Å². The van der Waals surface area contributed by atoms with Gasteiger partial charge in [-0.15, -0.1) is 0 Å². The molecule has 1 spiro atoms. The van der Waals surface area contributed by atoms with E-state index in [2.05, 4.69) is 17.3 Å². The number of hydrogen-bond acceptors (Lipinski definition) is 3. The van der Waals surface area contributed by atoms with E-state index in [1.807, 2.05) is 0 Å². The molecule has 10 heavy (non-hydrogen) atoms. The molecule has 58 valence electrons. The minimum Gasteiger partial charge on any atom is -0.358 e.